The Bertz CT molecular complexity index is 510. The number of hydrogen-bond acceptors (Lipinski definition) is 4. The number of benzene rings is 1. The van der Waals surface area contributed by atoms with Crippen LogP contribution in [0.1, 0.15) is 0 Å². The van der Waals surface area contributed by atoms with E-state index in [1.807, 2.05) is 0 Å². The van der Waals surface area contributed by atoms with Crippen LogP contribution < -0.4 is 11.6 Å². The maximum Gasteiger partial charge on any atom is 0.277 e. The predicted molar refractivity (Wildman–Crippen MR) is 58.0 cm³/mol. The molecule has 0 saturated heterocycles. The molecule has 0 heterocycles. The molecule has 0 radical (unpaired) electrons. The van der Waals surface area contributed by atoms with Crippen LogP contribution >= 0.6 is 0 Å². The van der Waals surface area contributed by atoms with Gasteiger partial charge in [0.05, 0.1) is 4.90 Å². The number of amides is 1. The second-order valence-electron chi connectivity index (χ2n) is 2.92. The van der Waals surface area contributed by atoms with Gasteiger partial charge < -0.3 is 5.73 Å². The highest BCUT2D eigenvalue weighted by Gasteiger charge is 2.24. The lowest BCUT2D eigenvalue weighted by atomic mass is 10.4. The van der Waals surface area contributed by atoms with Crippen LogP contribution in [0.15, 0.2) is 47.5 Å². The first-order chi connectivity index (χ1) is 7.37. The SMILES string of the molecule is C=C(C(N)=O)N(N)S(=O)(=O)c1ccccc1. The lowest BCUT2D eigenvalue weighted by Gasteiger charge is -2.18. The zero-order chi connectivity index (χ0) is 12.3. The van der Waals surface area contributed by atoms with E-state index in [9.17, 15) is 13.2 Å². The molecule has 0 unspecified atom stereocenters. The van der Waals surface area contributed by atoms with E-state index in [1.165, 1.54) is 24.3 Å². The maximum atomic E-state index is 11.8. The van der Waals surface area contributed by atoms with Gasteiger partial charge in [-0.2, -0.15) is 12.8 Å². The summed E-state index contributed by atoms with van der Waals surface area (Å²) in [5.41, 5.74) is 4.39. The fourth-order valence-electron chi connectivity index (χ4n) is 0.960. The van der Waals surface area contributed by atoms with Crippen LogP contribution in [0.2, 0.25) is 0 Å². The normalized spacial score (nSPS) is 10.8. The zero-order valence-electron chi connectivity index (χ0n) is 8.33. The molecule has 86 valence electrons. The van der Waals surface area contributed by atoms with E-state index in [0.29, 0.717) is 0 Å². The monoisotopic (exact) mass is 241 g/mol. The van der Waals surface area contributed by atoms with Gasteiger partial charge in [0, 0.05) is 0 Å². The second-order valence-corrected chi connectivity index (χ2v) is 4.74. The molecule has 0 fully saturated rings. The standard InChI is InChI=1S/C9H11N3O3S/c1-7(9(10)13)12(11)16(14,15)8-5-3-2-4-6-8/h2-6H,1,11H2,(H2,10,13). The Labute approximate surface area is 93.2 Å². The minimum atomic E-state index is -3.97. The van der Waals surface area contributed by atoms with E-state index in [0.717, 1.165) is 0 Å². The van der Waals surface area contributed by atoms with Crippen LogP contribution in [-0.4, -0.2) is 18.7 Å². The fraction of sp³-hybridized carbons (Fsp3) is 0. The molecular formula is C9H11N3O3S. The first-order valence-electron chi connectivity index (χ1n) is 4.21. The van der Waals surface area contributed by atoms with Crippen molar-refractivity contribution in [1.82, 2.24) is 4.41 Å². The minimum Gasteiger partial charge on any atom is -0.364 e. The Kier molecular flexibility index (Phi) is 3.31. The van der Waals surface area contributed by atoms with Crippen LogP contribution in [0.5, 0.6) is 0 Å². The quantitative estimate of drug-likeness (QED) is 0.423. The number of rotatable bonds is 4. The van der Waals surface area contributed by atoms with Gasteiger partial charge in [0.1, 0.15) is 5.70 Å². The predicted octanol–water partition coefficient (Wildman–Crippen LogP) is -0.450. The highest BCUT2D eigenvalue weighted by Crippen LogP contribution is 2.14. The number of primary amides is 1. The third-order valence-electron chi connectivity index (χ3n) is 1.85. The van der Waals surface area contributed by atoms with Gasteiger partial charge in [-0.1, -0.05) is 24.8 Å². The molecule has 1 aromatic rings. The van der Waals surface area contributed by atoms with Gasteiger partial charge >= 0.3 is 0 Å². The van der Waals surface area contributed by atoms with Gasteiger partial charge in [-0.25, -0.2) is 5.84 Å². The van der Waals surface area contributed by atoms with Gasteiger partial charge in [-0.3, -0.25) is 4.79 Å². The van der Waals surface area contributed by atoms with Crippen LogP contribution in [0.4, 0.5) is 0 Å². The Morgan fingerprint density at radius 2 is 1.75 bits per heavy atom. The van der Waals surface area contributed by atoms with Crippen molar-refractivity contribution in [3.8, 4) is 0 Å². The summed E-state index contributed by atoms with van der Waals surface area (Å²) >= 11 is 0. The third-order valence-corrected chi connectivity index (χ3v) is 3.46. The van der Waals surface area contributed by atoms with E-state index in [1.54, 1.807) is 6.07 Å². The lowest BCUT2D eigenvalue weighted by Crippen LogP contribution is -2.40. The van der Waals surface area contributed by atoms with Crippen molar-refractivity contribution in [3.63, 3.8) is 0 Å². The Morgan fingerprint density at radius 1 is 1.25 bits per heavy atom. The summed E-state index contributed by atoms with van der Waals surface area (Å²) in [6, 6.07) is 7.43. The zero-order valence-corrected chi connectivity index (χ0v) is 9.15. The number of hydrogen-bond donors (Lipinski definition) is 2. The van der Waals surface area contributed by atoms with Crippen LogP contribution in [-0.2, 0) is 14.8 Å². The van der Waals surface area contributed by atoms with Crippen LogP contribution in [0, 0.1) is 0 Å². The largest absolute Gasteiger partial charge is 0.364 e. The number of hydrazine groups is 1. The first-order valence-corrected chi connectivity index (χ1v) is 5.65. The van der Waals surface area contributed by atoms with Crippen molar-refractivity contribution >= 4 is 15.9 Å². The molecule has 0 spiro atoms. The highest BCUT2D eigenvalue weighted by molar-refractivity contribution is 7.89. The molecule has 0 aromatic heterocycles. The molecular weight excluding hydrogens is 230 g/mol. The molecule has 4 N–H and O–H groups in total. The second kappa shape index (κ2) is 4.33. The van der Waals surface area contributed by atoms with Gasteiger partial charge in [-0.15, -0.1) is 0 Å². The molecule has 1 amide bonds. The van der Waals surface area contributed by atoms with E-state index in [2.05, 4.69) is 6.58 Å². The molecule has 1 aromatic carbocycles. The van der Waals surface area contributed by atoms with E-state index >= 15 is 0 Å². The summed E-state index contributed by atoms with van der Waals surface area (Å²) in [6.45, 7) is 3.19. The average Bonchev–Trinajstić information content (AvgIpc) is 2.28. The van der Waals surface area contributed by atoms with E-state index in [4.69, 9.17) is 11.6 Å². The maximum absolute atomic E-state index is 11.8. The number of nitrogens with two attached hydrogens (primary N) is 2. The lowest BCUT2D eigenvalue weighted by molar-refractivity contribution is -0.115. The molecule has 0 aliphatic carbocycles. The molecule has 16 heavy (non-hydrogen) atoms. The molecule has 0 atom stereocenters. The molecule has 0 saturated carbocycles. The smallest absolute Gasteiger partial charge is 0.277 e. The summed E-state index contributed by atoms with van der Waals surface area (Å²) < 4.78 is 23.9. The number of carbonyl (C=O) groups is 1. The van der Waals surface area contributed by atoms with Crippen molar-refractivity contribution in [1.29, 1.82) is 0 Å². The van der Waals surface area contributed by atoms with E-state index < -0.39 is 21.6 Å². The van der Waals surface area contributed by atoms with Gasteiger partial charge in [0.2, 0.25) is 0 Å². The van der Waals surface area contributed by atoms with Crippen LogP contribution in [0.3, 0.4) is 0 Å². The molecule has 1 rings (SSSR count). The summed E-state index contributed by atoms with van der Waals surface area (Å²) in [4.78, 5) is 10.7. The van der Waals surface area contributed by atoms with Crippen molar-refractivity contribution in [3.05, 3.63) is 42.6 Å². The van der Waals surface area contributed by atoms with Gasteiger partial charge in [0.15, 0.2) is 0 Å². The van der Waals surface area contributed by atoms with E-state index in [-0.39, 0.29) is 9.31 Å². The van der Waals surface area contributed by atoms with Crippen molar-refractivity contribution in [2.45, 2.75) is 4.90 Å². The van der Waals surface area contributed by atoms with Gasteiger partial charge in [0.25, 0.3) is 15.9 Å². The Balaban J connectivity index is 3.14. The molecule has 0 bridgehead atoms. The molecule has 6 nitrogen and oxygen atoms in total. The Hall–Kier alpha value is -1.86. The van der Waals surface area contributed by atoms with Crippen molar-refractivity contribution in [2.24, 2.45) is 11.6 Å². The van der Waals surface area contributed by atoms with Crippen molar-refractivity contribution in [2.75, 3.05) is 0 Å². The molecule has 7 heteroatoms. The number of nitrogens with zero attached hydrogens (tertiary/aromatic N) is 1. The average molecular weight is 241 g/mol. The summed E-state index contributed by atoms with van der Waals surface area (Å²) in [5, 5.41) is 0. The minimum absolute atomic E-state index is 0.0418. The topological polar surface area (TPSA) is 106 Å². The molecule has 0 aliphatic heterocycles. The summed E-state index contributed by atoms with van der Waals surface area (Å²) in [6.07, 6.45) is 0. The third kappa shape index (κ3) is 2.20. The number of carbonyl (C=O) groups excluding carboxylic acids is 1. The summed E-state index contributed by atoms with van der Waals surface area (Å²) in [7, 11) is -3.97. The number of sulfonamides is 1. The molecule has 0 aliphatic rings. The van der Waals surface area contributed by atoms with Crippen molar-refractivity contribution < 1.29 is 13.2 Å². The summed E-state index contributed by atoms with van der Waals surface area (Å²) in [5.74, 6) is 4.27. The van der Waals surface area contributed by atoms with Crippen LogP contribution in [0.25, 0.3) is 0 Å². The fourth-order valence-corrected chi connectivity index (χ4v) is 2.07. The van der Waals surface area contributed by atoms with Gasteiger partial charge in [-0.05, 0) is 12.1 Å². The Morgan fingerprint density at radius 3 is 2.19 bits per heavy atom. The first kappa shape index (κ1) is 12.2. The highest BCUT2D eigenvalue weighted by atomic mass is 32.2.